The minimum absolute atomic E-state index is 0.00228. The van der Waals surface area contributed by atoms with Gasteiger partial charge >= 0.3 is 0 Å². The summed E-state index contributed by atoms with van der Waals surface area (Å²) in [5.41, 5.74) is 9.95. The Labute approximate surface area is 162 Å². The lowest BCUT2D eigenvalue weighted by atomic mass is 10.1. The topological polar surface area (TPSA) is 75.4 Å². The number of hydrogen-bond acceptors (Lipinski definition) is 6. The van der Waals surface area contributed by atoms with Gasteiger partial charge in [-0.1, -0.05) is 18.2 Å². The van der Waals surface area contributed by atoms with E-state index < -0.39 is 0 Å². The van der Waals surface area contributed by atoms with Gasteiger partial charge in [-0.3, -0.25) is 4.79 Å². The third-order valence-electron chi connectivity index (χ3n) is 5.23. The predicted octanol–water partition coefficient (Wildman–Crippen LogP) is 3.24. The number of anilines is 2. The number of benzene rings is 1. The van der Waals surface area contributed by atoms with E-state index in [-0.39, 0.29) is 5.91 Å². The van der Waals surface area contributed by atoms with Crippen molar-refractivity contribution in [2.75, 3.05) is 36.8 Å². The van der Waals surface area contributed by atoms with E-state index in [9.17, 15) is 4.79 Å². The van der Waals surface area contributed by atoms with Gasteiger partial charge in [-0.05, 0) is 38.0 Å². The van der Waals surface area contributed by atoms with Gasteiger partial charge in [0.25, 0.3) is 5.91 Å². The van der Waals surface area contributed by atoms with Crippen molar-refractivity contribution >= 4 is 38.8 Å². The third-order valence-corrected chi connectivity index (χ3v) is 6.31. The van der Waals surface area contributed by atoms with Crippen LogP contribution in [0.1, 0.15) is 27.3 Å². The molecular weight excluding hydrogens is 358 g/mol. The molecule has 3 aromatic rings. The van der Waals surface area contributed by atoms with Crippen LogP contribution in [0, 0.1) is 13.8 Å². The van der Waals surface area contributed by atoms with Gasteiger partial charge in [0.05, 0.1) is 11.4 Å². The van der Waals surface area contributed by atoms with Crippen LogP contribution >= 0.6 is 11.3 Å². The van der Waals surface area contributed by atoms with Gasteiger partial charge < -0.3 is 15.5 Å². The van der Waals surface area contributed by atoms with Gasteiger partial charge in [0.15, 0.2) is 0 Å². The molecule has 140 valence electrons. The minimum atomic E-state index is 0.00228. The largest absolute Gasteiger partial charge is 0.397 e. The highest BCUT2D eigenvalue weighted by molar-refractivity contribution is 7.21. The van der Waals surface area contributed by atoms with Crippen molar-refractivity contribution in [1.29, 1.82) is 0 Å². The molecule has 2 N–H and O–H groups in total. The van der Waals surface area contributed by atoms with Crippen LogP contribution in [0.3, 0.4) is 0 Å². The number of thiophene rings is 1. The summed E-state index contributed by atoms with van der Waals surface area (Å²) in [6, 6.07) is 10.4. The monoisotopic (exact) mass is 381 g/mol. The quantitative estimate of drug-likeness (QED) is 0.737. The highest BCUT2D eigenvalue weighted by atomic mass is 32.1. The summed E-state index contributed by atoms with van der Waals surface area (Å²) < 4.78 is 0. The second-order valence-electron chi connectivity index (χ2n) is 6.90. The van der Waals surface area contributed by atoms with Gasteiger partial charge in [-0.2, -0.15) is 5.10 Å². The molecule has 0 bridgehead atoms. The van der Waals surface area contributed by atoms with Crippen molar-refractivity contribution < 1.29 is 4.79 Å². The Morgan fingerprint density at radius 1 is 1.07 bits per heavy atom. The second kappa shape index (κ2) is 7.15. The molecule has 2 aromatic heterocycles. The number of carbonyl (C=O) groups is 1. The van der Waals surface area contributed by atoms with Gasteiger partial charge in [-0.25, -0.2) is 0 Å². The first-order valence-corrected chi connectivity index (χ1v) is 9.99. The fourth-order valence-electron chi connectivity index (χ4n) is 3.56. The van der Waals surface area contributed by atoms with Crippen LogP contribution in [0.25, 0.3) is 10.2 Å². The Morgan fingerprint density at radius 2 is 1.85 bits per heavy atom. The predicted molar refractivity (Wildman–Crippen MR) is 110 cm³/mol. The summed E-state index contributed by atoms with van der Waals surface area (Å²) >= 11 is 1.35. The summed E-state index contributed by atoms with van der Waals surface area (Å²) in [4.78, 5) is 18.7. The summed E-state index contributed by atoms with van der Waals surface area (Å²) in [5.74, 6) is 0.00228. The molecule has 0 unspecified atom stereocenters. The standard InChI is InChI=1S/C20H23N5OS/c1-13-14(2)22-23-19-16(13)17(21)18(27-19)20(26)25-10-6-9-24(11-12-25)15-7-4-3-5-8-15/h3-5,7-8H,6,9-12,21H2,1-2H3. The van der Waals surface area contributed by atoms with Crippen LogP contribution in [-0.2, 0) is 0 Å². The van der Waals surface area contributed by atoms with E-state index >= 15 is 0 Å². The molecule has 1 aliphatic heterocycles. The molecule has 6 nitrogen and oxygen atoms in total. The van der Waals surface area contributed by atoms with E-state index in [1.165, 1.54) is 17.0 Å². The number of amides is 1. The molecule has 7 heteroatoms. The number of nitrogen functional groups attached to an aromatic ring is 1. The Bertz CT molecular complexity index is 985. The van der Waals surface area contributed by atoms with Crippen molar-refractivity contribution in [2.45, 2.75) is 20.3 Å². The summed E-state index contributed by atoms with van der Waals surface area (Å²) in [6.45, 7) is 7.07. The fraction of sp³-hybridized carbons (Fsp3) is 0.350. The number of fused-ring (bicyclic) bond motifs is 1. The van der Waals surface area contributed by atoms with Crippen LogP contribution in [0.2, 0.25) is 0 Å². The molecule has 0 spiro atoms. The Balaban J connectivity index is 1.57. The lowest BCUT2D eigenvalue weighted by Gasteiger charge is -2.23. The molecule has 1 amide bonds. The zero-order valence-electron chi connectivity index (χ0n) is 15.6. The number of aryl methyl sites for hydroxylation is 2. The first-order valence-electron chi connectivity index (χ1n) is 9.17. The SMILES string of the molecule is Cc1nnc2sc(C(=O)N3CCCN(c4ccccc4)CC3)c(N)c2c1C. The highest BCUT2D eigenvalue weighted by Gasteiger charge is 2.26. The molecule has 27 heavy (non-hydrogen) atoms. The Morgan fingerprint density at radius 3 is 2.63 bits per heavy atom. The second-order valence-corrected chi connectivity index (χ2v) is 7.90. The van der Waals surface area contributed by atoms with E-state index in [1.54, 1.807) is 0 Å². The molecule has 0 atom stereocenters. The van der Waals surface area contributed by atoms with Crippen molar-refractivity contribution in [3.05, 3.63) is 46.5 Å². The summed E-state index contributed by atoms with van der Waals surface area (Å²) in [6.07, 6.45) is 0.934. The number of nitrogens with two attached hydrogens (primary N) is 1. The molecular formula is C20H23N5OS. The lowest BCUT2D eigenvalue weighted by Crippen LogP contribution is -2.35. The lowest BCUT2D eigenvalue weighted by molar-refractivity contribution is 0.0773. The summed E-state index contributed by atoms with van der Waals surface area (Å²) in [5, 5.41) is 9.27. The van der Waals surface area contributed by atoms with E-state index in [4.69, 9.17) is 5.73 Å². The zero-order chi connectivity index (χ0) is 19.0. The maximum Gasteiger partial charge on any atom is 0.266 e. The van der Waals surface area contributed by atoms with Crippen molar-refractivity contribution in [2.24, 2.45) is 0 Å². The van der Waals surface area contributed by atoms with Crippen molar-refractivity contribution in [1.82, 2.24) is 15.1 Å². The molecule has 1 saturated heterocycles. The molecule has 0 radical (unpaired) electrons. The minimum Gasteiger partial charge on any atom is -0.397 e. The number of para-hydroxylation sites is 1. The van der Waals surface area contributed by atoms with Gasteiger partial charge in [0.2, 0.25) is 0 Å². The van der Waals surface area contributed by atoms with Crippen molar-refractivity contribution in [3.63, 3.8) is 0 Å². The summed E-state index contributed by atoms with van der Waals surface area (Å²) in [7, 11) is 0. The molecule has 0 aliphatic carbocycles. The Kier molecular flexibility index (Phi) is 4.70. The maximum atomic E-state index is 13.2. The molecule has 4 rings (SSSR count). The number of aromatic nitrogens is 2. The molecule has 3 heterocycles. The van der Waals surface area contributed by atoms with E-state index in [2.05, 4.69) is 27.2 Å². The highest BCUT2D eigenvalue weighted by Crippen LogP contribution is 2.35. The molecule has 1 fully saturated rings. The van der Waals surface area contributed by atoms with Crippen molar-refractivity contribution in [3.8, 4) is 0 Å². The van der Waals surface area contributed by atoms with E-state index in [0.717, 1.165) is 47.5 Å². The maximum absolute atomic E-state index is 13.2. The third kappa shape index (κ3) is 3.23. The van der Waals surface area contributed by atoms with Crippen LogP contribution in [0.4, 0.5) is 11.4 Å². The van der Waals surface area contributed by atoms with E-state index in [1.807, 2.05) is 36.9 Å². The molecule has 1 aliphatic rings. The van der Waals surface area contributed by atoms with Crippen LogP contribution in [0.5, 0.6) is 0 Å². The van der Waals surface area contributed by atoms with Gasteiger partial charge in [0.1, 0.15) is 9.71 Å². The first-order chi connectivity index (χ1) is 13.1. The molecule has 0 saturated carbocycles. The Hall–Kier alpha value is -2.67. The average Bonchev–Trinajstić information content (AvgIpc) is 2.86. The first kappa shape index (κ1) is 17.7. The van der Waals surface area contributed by atoms with Crippen LogP contribution in [-0.4, -0.2) is 47.2 Å². The zero-order valence-corrected chi connectivity index (χ0v) is 16.4. The number of rotatable bonds is 2. The molecule has 1 aromatic carbocycles. The fourth-order valence-corrected chi connectivity index (χ4v) is 4.63. The number of carbonyl (C=O) groups excluding carboxylic acids is 1. The smallest absolute Gasteiger partial charge is 0.266 e. The van der Waals surface area contributed by atoms with Gasteiger partial charge in [0, 0.05) is 37.3 Å². The number of nitrogens with zero attached hydrogens (tertiary/aromatic N) is 4. The van der Waals surface area contributed by atoms with E-state index in [0.29, 0.717) is 17.1 Å². The van der Waals surface area contributed by atoms with Gasteiger partial charge in [-0.15, -0.1) is 16.4 Å². The number of hydrogen-bond donors (Lipinski definition) is 1. The average molecular weight is 382 g/mol. The van der Waals surface area contributed by atoms with Crippen LogP contribution in [0.15, 0.2) is 30.3 Å². The normalized spacial score (nSPS) is 15.2. The van der Waals surface area contributed by atoms with Crippen LogP contribution < -0.4 is 10.6 Å².